The molecule has 3 nitrogen and oxygen atoms in total. The molecule has 2 aromatic rings. The van der Waals surface area contributed by atoms with Gasteiger partial charge in [0.25, 0.3) is 0 Å². The normalized spacial score (nSPS) is 18.3. The number of hydrogen-bond donors (Lipinski definition) is 0. The minimum absolute atomic E-state index is 0.0640. The van der Waals surface area contributed by atoms with Gasteiger partial charge >= 0.3 is 5.63 Å². The molecule has 2 aliphatic rings. The third-order valence-corrected chi connectivity index (χ3v) is 4.69. The smallest absolute Gasteiger partial charge is 0.336 e. The summed E-state index contributed by atoms with van der Waals surface area (Å²) < 4.78 is 11.4. The molecule has 0 saturated carbocycles. The van der Waals surface area contributed by atoms with Crippen LogP contribution in [0.4, 0.5) is 0 Å². The van der Waals surface area contributed by atoms with Crippen molar-refractivity contribution in [3.05, 3.63) is 66.9 Å². The quantitative estimate of drug-likeness (QED) is 0.842. The maximum absolute atomic E-state index is 11.6. The highest BCUT2D eigenvalue weighted by Crippen LogP contribution is 2.08. The predicted octanol–water partition coefficient (Wildman–Crippen LogP) is 0.853. The molecule has 0 bridgehead atoms. The van der Waals surface area contributed by atoms with Crippen molar-refractivity contribution in [1.29, 1.82) is 0 Å². The summed E-state index contributed by atoms with van der Waals surface area (Å²) in [6.07, 6.45) is 11.5. The van der Waals surface area contributed by atoms with Crippen molar-refractivity contribution >= 4 is 24.3 Å². The van der Waals surface area contributed by atoms with Gasteiger partial charge < -0.3 is 9.15 Å². The lowest BCUT2D eigenvalue weighted by molar-refractivity contribution is 0.0838. The SMILES string of the molecule is Cc1cc(=O)oc2c1=CCC(OCc1cccc3c1=CCCC=3)C=2. The summed E-state index contributed by atoms with van der Waals surface area (Å²) >= 11 is 0. The van der Waals surface area contributed by atoms with Crippen molar-refractivity contribution in [3.8, 4) is 0 Å². The zero-order valence-electron chi connectivity index (χ0n) is 13.7. The van der Waals surface area contributed by atoms with E-state index in [9.17, 15) is 4.79 Å². The van der Waals surface area contributed by atoms with Gasteiger partial charge in [-0.15, -0.1) is 0 Å². The molecule has 1 heterocycles. The second kappa shape index (κ2) is 6.25. The molecule has 1 aromatic heterocycles. The maximum atomic E-state index is 11.6. The summed E-state index contributed by atoms with van der Waals surface area (Å²) in [4.78, 5) is 11.6. The molecule has 24 heavy (non-hydrogen) atoms. The number of aryl methyl sites for hydroxylation is 1. The molecule has 122 valence electrons. The van der Waals surface area contributed by atoms with Crippen molar-refractivity contribution < 1.29 is 9.15 Å². The van der Waals surface area contributed by atoms with Crippen molar-refractivity contribution in [3.63, 3.8) is 0 Å². The third kappa shape index (κ3) is 2.87. The van der Waals surface area contributed by atoms with E-state index in [-0.39, 0.29) is 11.7 Å². The number of rotatable bonds is 3. The molecule has 1 atom stereocenters. The van der Waals surface area contributed by atoms with E-state index in [1.165, 1.54) is 22.1 Å². The van der Waals surface area contributed by atoms with Crippen LogP contribution >= 0.6 is 0 Å². The molecule has 2 aliphatic carbocycles. The Hall–Kier alpha value is -2.39. The van der Waals surface area contributed by atoms with Gasteiger partial charge in [-0.2, -0.15) is 0 Å². The van der Waals surface area contributed by atoms with Gasteiger partial charge in [-0.25, -0.2) is 4.79 Å². The van der Waals surface area contributed by atoms with E-state index in [0.717, 1.165) is 30.0 Å². The number of fused-ring (bicyclic) bond motifs is 2. The molecule has 0 fully saturated rings. The van der Waals surface area contributed by atoms with Crippen LogP contribution in [-0.4, -0.2) is 6.10 Å². The first kappa shape index (κ1) is 15.2. The van der Waals surface area contributed by atoms with Crippen LogP contribution in [0.3, 0.4) is 0 Å². The summed E-state index contributed by atoms with van der Waals surface area (Å²) in [5.74, 6) is 0. The molecule has 1 aromatic carbocycles. The highest BCUT2D eigenvalue weighted by molar-refractivity contribution is 5.42. The van der Waals surface area contributed by atoms with Crippen LogP contribution in [0, 0.1) is 6.92 Å². The Balaban J connectivity index is 1.60. The average molecular weight is 320 g/mol. The molecule has 0 N–H and O–H groups in total. The molecule has 1 unspecified atom stereocenters. The minimum Gasteiger partial charge on any atom is -0.423 e. The summed E-state index contributed by atoms with van der Waals surface area (Å²) in [6.45, 7) is 2.50. The monoisotopic (exact) mass is 320 g/mol. The van der Waals surface area contributed by atoms with Gasteiger partial charge in [0.15, 0.2) is 0 Å². The Labute approximate surface area is 139 Å². The van der Waals surface area contributed by atoms with Crippen LogP contribution in [0.15, 0.2) is 33.5 Å². The molecule has 0 aliphatic heterocycles. The molecule has 3 heteroatoms. The molecule has 0 radical (unpaired) electrons. The third-order valence-electron chi connectivity index (χ3n) is 4.69. The van der Waals surface area contributed by atoms with Gasteiger partial charge in [0.05, 0.1) is 12.7 Å². The fourth-order valence-corrected chi connectivity index (χ4v) is 3.46. The van der Waals surface area contributed by atoms with Gasteiger partial charge in [0, 0.05) is 11.3 Å². The highest BCUT2D eigenvalue weighted by Gasteiger charge is 2.12. The van der Waals surface area contributed by atoms with Gasteiger partial charge in [-0.1, -0.05) is 36.4 Å². The van der Waals surface area contributed by atoms with E-state index in [1.807, 2.05) is 13.0 Å². The largest absolute Gasteiger partial charge is 0.423 e. The van der Waals surface area contributed by atoms with Gasteiger partial charge in [-0.3, -0.25) is 0 Å². The van der Waals surface area contributed by atoms with Gasteiger partial charge in [-0.05, 0) is 53.8 Å². The van der Waals surface area contributed by atoms with Crippen molar-refractivity contribution in [2.75, 3.05) is 0 Å². The van der Waals surface area contributed by atoms with Crippen LogP contribution in [-0.2, 0) is 11.3 Å². The van der Waals surface area contributed by atoms with Crippen molar-refractivity contribution in [2.24, 2.45) is 0 Å². The fraction of sp³-hybridized carbons (Fsp3) is 0.286. The fourth-order valence-electron chi connectivity index (χ4n) is 3.46. The van der Waals surface area contributed by atoms with E-state index in [2.05, 4.69) is 36.4 Å². The molecule has 0 spiro atoms. The van der Waals surface area contributed by atoms with Crippen LogP contribution in [0.25, 0.3) is 24.3 Å². The molecular formula is C21H20O3. The number of ether oxygens (including phenoxy) is 1. The standard InChI is InChI=1S/C21H20O3/c1-14-11-21(22)24-20-12-17(9-10-18(14)20)23-13-16-7-4-6-15-5-2-3-8-19(15)16/h4-8,10-12,17H,2-3,9,13H2,1H3. The van der Waals surface area contributed by atoms with Crippen molar-refractivity contribution in [2.45, 2.75) is 38.9 Å². The van der Waals surface area contributed by atoms with Crippen LogP contribution < -0.4 is 26.7 Å². The van der Waals surface area contributed by atoms with Crippen molar-refractivity contribution in [1.82, 2.24) is 0 Å². The Morgan fingerprint density at radius 1 is 1.17 bits per heavy atom. The second-order valence-corrected chi connectivity index (χ2v) is 6.39. The minimum atomic E-state index is -0.307. The highest BCUT2D eigenvalue weighted by atomic mass is 16.5. The summed E-state index contributed by atoms with van der Waals surface area (Å²) in [5.41, 5.74) is 2.50. The zero-order chi connectivity index (χ0) is 16.5. The molecular weight excluding hydrogens is 300 g/mol. The van der Waals surface area contributed by atoms with Gasteiger partial charge in [0.1, 0.15) is 5.42 Å². The predicted molar refractivity (Wildman–Crippen MR) is 94.9 cm³/mol. The topological polar surface area (TPSA) is 39.4 Å². The number of hydrogen-bond acceptors (Lipinski definition) is 3. The van der Waals surface area contributed by atoms with E-state index in [0.29, 0.717) is 12.0 Å². The summed E-state index contributed by atoms with van der Waals surface area (Å²) in [6, 6.07) is 7.90. The lowest BCUT2D eigenvalue weighted by Crippen LogP contribution is -2.36. The molecule has 4 rings (SSSR count). The van der Waals surface area contributed by atoms with Crippen LogP contribution in [0.2, 0.25) is 0 Å². The first-order chi connectivity index (χ1) is 11.7. The summed E-state index contributed by atoms with van der Waals surface area (Å²) in [7, 11) is 0. The van der Waals surface area contributed by atoms with Gasteiger partial charge in [0.2, 0.25) is 0 Å². The summed E-state index contributed by atoms with van der Waals surface area (Å²) in [5, 5.41) is 3.61. The Bertz CT molecular complexity index is 1070. The van der Waals surface area contributed by atoms with Crippen LogP contribution in [0.5, 0.6) is 0 Å². The molecule has 0 amide bonds. The first-order valence-electron chi connectivity index (χ1n) is 8.43. The second-order valence-electron chi connectivity index (χ2n) is 6.39. The Kier molecular flexibility index (Phi) is 3.95. The Morgan fingerprint density at radius 3 is 2.96 bits per heavy atom. The van der Waals surface area contributed by atoms with E-state index >= 15 is 0 Å². The van der Waals surface area contributed by atoms with E-state index in [4.69, 9.17) is 9.15 Å². The van der Waals surface area contributed by atoms with Crippen LogP contribution in [0.1, 0.15) is 30.4 Å². The van der Waals surface area contributed by atoms with E-state index in [1.54, 1.807) is 0 Å². The zero-order valence-corrected chi connectivity index (χ0v) is 13.7. The first-order valence-corrected chi connectivity index (χ1v) is 8.43. The Morgan fingerprint density at radius 2 is 2.04 bits per heavy atom. The molecule has 0 saturated heterocycles. The maximum Gasteiger partial charge on any atom is 0.336 e. The number of benzene rings is 1. The van der Waals surface area contributed by atoms with E-state index < -0.39 is 0 Å². The lowest BCUT2D eigenvalue weighted by atomic mass is 10.0. The lowest BCUT2D eigenvalue weighted by Gasteiger charge is -2.16. The average Bonchev–Trinajstić information content (AvgIpc) is 2.59.